The van der Waals surface area contributed by atoms with Crippen LogP contribution >= 0.6 is 0 Å². The van der Waals surface area contributed by atoms with E-state index < -0.39 is 0 Å². The van der Waals surface area contributed by atoms with Crippen molar-refractivity contribution < 1.29 is 5.21 Å². The van der Waals surface area contributed by atoms with E-state index in [1.807, 2.05) is 60.7 Å². The van der Waals surface area contributed by atoms with Gasteiger partial charge in [-0.2, -0.15) is 15.0 Å². The molecule has 0 aliphatic rings. The summed E-state index contributed by atoms with van der Waals surface area (Å²) in [4.78, 5) is 14.1. The zero-order valence-electron chi connectivity index (χ0n) is 12.6. The number of aromatic nitrogens is 3. The second kappa shape index (κ2) is 6.61. The van der Waals surface area contributed by atoms with Crippen LogP contribution in [0, 0.1) is 0 Å². The van der Waals surface area contributed by atoms with Crippen molar-refractivity contribution in [2.24, 2.45) is 10.9 Å². The van der Waals surface area contributed by atoms with E-state index in [2.05, 4.69) is 20.1 Å². The third kappa shape index (κ3) is 3.07. The zero-order chi connectivity index (χ0) is 16.9. The van der Waals surface area contributed by atoms with E-state index in [0.29, 0.717) is 0 Å². The van der Waals surface area contributed by atoms with Crippen molar-refractivity contribution in [3.8, 4) is 0 Å². The van der Waals surface area contributed by atoms with Gasteiger partial charge in [0.15, 0.2) is 0 Å². The van der Waals surface area contributed by atoms with Crippen LogP contribution in [0.25, 0.3) is 0 Å². The molecule has 0 fully saturated rings. The molecule has 0 radical (unpaired) electrons. The predicted molar refractivity (Wildman–Crippen MR) is 91.4 cm³/mol. The Morgan fingerprint density at radius 3 is 1.92 bits per heavy atom. The topological polar surface area (TPSA) is 127 Å². The summed E-state index contributed by atoms with van der Waals surface area (Å²) in [5.74, 6) is -0.0109. The highest BCUT2D eigenvalue weighted by molar-refractivity contribution is 5.94. The highest BCUT2D eigenvalue weighted by Gasteiger charge is 2.18. The first-order chi connectivity index (χ1) is 11.7. The van der Waals surface area contributed by atoms with E-state index in [-0.39, 0.29) is 23.6 Å². The lowest BCUT2D eigenvalue weighted by Crippen LogP contribution is -2.22. The highest BCUT2D eigenvalue weighted by atomic mass is 16.4. The standard InChI is InChI=1S/C16H15N7O/c17-13(22-24)14-19-15(18)21-16(20-14)23(11-7-3-1-4-8-11)12-9-5-2-6-10-12/h1-10,24H,(H2,17,22)(H2,18,19,20,21). The summed E-state index contributed by atoms with van der Waals surface area (Å²) < 4.78 is 0. The van der Waals surface area contributed by atoms with Gasteiger partial charge >= 0.3 is 0 Å². The Morgan fingerprint density at radius 2 is 1.42 bits per heavy atom. The lowest BCUT2D eigenvalue weighted by molar-refractivity contribution is 0.318. The first kappa shape index (κ1) is 15.2. The number of hydrogen-bond acceptors (Lipinski definition) is 7. The van der Waals surface area contributed by atoms with Crippen molar-refractivity contribution in [2.45, 2.75) is 0 Å². The van der Waals surface area contributed by atoms with E-state index in [9.17, 15) is 0 Å². The summed E-state index contributed by atoms with van der Waals surface area (Å²) in [7, 11) is 0. The lowest BCUT2D eigenvalue weighted by Gasteiger charge is -2.23. The van der Waals surface area contributed by atoms with Crippen molar-refractivity contribution in [1.29, 1.82) is 0 Å². The van der Waals surface area contributed by atoms with Crippen LogP contribution in [-0.4, -0.2) is 26.0 Å². The number of amidine groups is 1. The van der Waals surface area contributed by atoms with Crippen LogP contribution in [0.2, 0.25) is 0 Å². The zero-order valence-corrected chi connectivity index (χ0v) is 12.6. The van der Waals surface area contributed by atoms with E-state index in [0.717, 1.165) is 11.4 Å². The Hall–Kier alpha value is -3.68. The number of nitrogens with two attached hydrogens (primary N) is 2. The second-order valence-corrected chi connectivity index (χ2v) is 4.81. The minimum atomic E-state index is -0.244. The van der Waals surface area contributed by atoms with Crippen LogP contribution in [0.5, 0.6) is 0 Å². The Labute approximate surface area is 138 Å². The average Bonchev–Trinajstić information content (AvgIpc) is 2.62. The fraction of sp³-hybridized carbons (Fsp3) is 0. The van der Waals surface area contributed by atoms with E-state index >= 15 is 0 Å². The largest absolute Gasteiger partial charge is 0.409 e. The molecule has 0 atom stereocenters. The van der Waals surface area contributed by atoms with Crippen LogP contribution in [0.1, 0.15) is 5.82 Å². The number of rotatable bonds is 4. The minimum absolute atomic E-state index is 0.00291. The molecule has 0 saturated carbocycles. The maximum atomic E-state index is 8.85. The summed E-state index contributed by atoms with van der Waals surface area (Å²) in [5.41, 5.74) is 13.0. The van der Waals surface area contributed by atoms with Gasteiger partial charge in [-0.05, 0) is 24.3 Å². The normalized spacial score (nSPS) is 11.2. The SMILES string of the molecule is N/C(=N\O)c1nc(N)nc(N(c2ccccc2)c2ccccc2)n1. The monoisotopic (exact) mass is 321 g/mol. The molecule has 0 bridgehead atoms. The molecule has 8 nitrogen and oxygen atoms in total. The van der Waals surface area contributed by atoms with Gasteiger partial charge in [0.25, 0.3) is 0 Å². The maximum Gasteiger partial charge on any atom is 0.240 e. The number of para-hydroxylation sites is 2. The highest BCUT2D eigenvalue weighted by Crippen LogP contribution is 2.31. The third-order valence-corrected chi connectivity index (χ3v) is 3.21. The molecular formula is C16H15N7O. The van der Waals surface area contributed by atoms with Gasteiger partial charge in [-0.25, -0.2) is 0 Å². The van der Waals surface area contributed by atoms with Crippen molar-refractivity contribution in [1.82, 2.24) is 15.0 Å². The van der Waals surface area contributed by atoms with Gasteiger partial charge in [-0.3, -0.25) is 4.90 Å². The van der Waals surface area contributed by atoms with Gasteiger partial charge in [-0.15, -0.1) is 0 Å². The number of anilines is 4. The molecule has 24 heavy (non-hydrogen) atoms. The summed E-state index contributed by atoms with van der Waals surface area (Å²) in [5, 5.41) is 11.8. The molecule has 0 amide bonds. The van der Waals surface area contributed by atoms with Gasteiger partial charge in [0.1, 0.15) is 0 Å². The summed E-state index contributed by atoms with van der Waals surface area (Å²) in [6.07, 6.45) is 0. The molecular weight excluding hydrogens is 306 g/mol. The van der Waals surface area contributed by atoms with E-state index in [1.54, 1.807) is 4.90 Å². The van der Waals surface area contributed by atoms with Crippen molar-refractivity contribution in [3.63, 3.8) is 0 Å². The van der Waals surface area contributed by atoms with Crippen LogP contribution < -0.4 is 16.4 Å². The fourth-order valence-electron chi connectivity index (χ4n) is 2.17. The first-order valence-electron chi connectivity index (χ1n) is 7.08. The lowest BCUT2D eigenvalue weighted by atomic mass is 10.2. The summed E-state index contributed by atoms with van der Waals surface area (Å²) in [6.45, 7) is 0. The summed E-state index contributed by atoms with van der Waals surface area (Å²) in [6, 6.07) is 19.1. The Balaban J connectivity index is 2.18. The molecule has 2 aromatic carbocycles. The molecule has 0 spiro atoms. The third-order valence-electron chi connectivity index (χ3n) is 3.21. The first-order valence-corrected chi connectivity index (χ1v) is 7.08. The van der Waals surface area contributed by atoms with Gasteiger partial charge in [0, 0.05) is 11.4 Å². The molecule has 3 rings (SSSR count). The smallest absolute Gasteiger partial charge is 0.240 e. The molecule has 1 heterocycles. The number of hydrogen-bond donors (Lipinski definition) is 3. The van der Waals surface area contributed by atoms with Crippen LogP contribution in [0.15, 0.2) is 65.8 Å². The molecule has 120 valence electrons. The van der Waals surface area contributed by atoms with Gasteiger partial charge in [0.05, 0.1) is 0 Å². The van der Waals surface area contributed by atoms with Gasteiger partial charge in [-0.1, -0.05) is 41.6 Å². The van der Waals surface area contributed by atoms with Crippen LogP contribution in [0.3, 0.4) is 0 Å². The van der Waals surface area contributed by atoms with Crippen molar-refractivity contribution in [3.05, 3.63) is 66.5 Å². The molecule has 5 N–H and O–H groups in total. The molecule has 0 saturated heterocycles. The number of benzene rings is 2. The number of oxime groups is 1. The summed E-state index contributed by atoms with van der Waals surface area (Å²) >= 11 is 0. The Kier molecular flexibility index (Phi) is 4.19. The Bertz CT molecular complexity index is 813. The predicted octanol–water partition coefficient (Wildman–Crippen LogP) is 2.02. The van der Waals surface area contributed by atoms with Gasteiger partial charge < -0.3 is 16.7 Å². The molecule has 3 aromatic rings. The molecule has 1 aromatic heterocycles. The Morgan fingerprint density at radius 1 is 0.875 bits per heavy atom. The minimum Gasteiger partial charge on any atom is -0.409 e. The second-order valence-electron chi connectivity index (χ2n) is 4.81. The average molecular weight is 321 g/mol. The quantitative estimate of drug-likeness (QED) is 0.290. The van der Waals surface area contributed by atoms with Crippen LogP contribution in [-0.2, 0) is 0 Å². The van der Waals surface area contributed by atoms with E-state index in [1.165, 1.54) is 0 Å². The molecule has 0 aliphatic heterocycles. The molecule has 8 heteroatoms. The van der Waals surface area contributed by atoms with Crippen LogP contribution in [0.4, 0.5) is 23.3 Å². The fourth-order valence-corrected chi connectivity index (χ4v) is 2.17. The molecule has 0 aliphatic carbocycles. The van der Waals surface area contributed by atoms with Crippen molar-refractivity contribution in [2.75, 3.05) is 10.6 Å². The van der Waals surface area contributed by atoms with E-state index in [4.69, 9.17) is 16.7 Å². The number of nitrogens with zero attached hydrogens (tertiary/aromatic N) is 5. The molecule has 0 unspecified atom stereocenters. The van der Waals surface area contributed by atoms with Gasteiger partial charge in [0.2, 0.25) is 23.6 Å². The maximum absolute atomic E-state index is 8.85. The van der Waals surface area contributed by atoms with Crippen molar-refractivity contribution >= 4 is 29.1 Å². The number of nitrogen functional groups attached to an aromatic ring is 1.